The van der Waals surface area contributed by atoms with Crippen molar-refractivity contribution >= 4 is 23.8 Å². The van der Waals surface area contributed by atoms with E-state index in [0.717, 1.165) is 5.56 Å². The van der Waals surface area contributed by atoms with Crippen molar-refractivity contribution in [1.29, 1.82) is 0 Å². The summed E-state index contributed by atoms with van der Waals surface area (Å²) in [6.45, 7) is 8.87. The average Bonchev–Trinajstić information content (AvgIpc) is 2.65. The number of esters is 1. The van der Waals surface area contributed by atoms with Gasteiger partial charge >= 0.3 is 5.97 Å². The van der Waals surface area contributed by atoms with E-state index in [1.165, 1.54) is 7.11 Å². The van der Waals surface area contributed by atoms with E-state index < -0.39 is 22.6 Å². The van der Waals surface area contributed by atoms with Crippen molar-refractivity contribution in [2.75, 3.05) is 7.11 Å². The molecule has 0 aliphatic rings. The minimum Gasteiger partial charge on any atom is -0.467 e. The van der Waals surface area contributed by atoms with E-state index in [1.807, 2.05) is 57.2 Å². The Balaban J connectivity index is 2.63. The van der Waals surface area contributed by atoms with Gasteiger partial charge in [-0.1, -0.05) is 42.5 Å². The molecule has 0 amide bonds. The third kappa shape index (κ3) is 5.51. The number of carbonyl (C=O) groups excluding carboxylic acids is 1. The normalized spacial score (nSPS) is 12.8. The standard InChI is InChI=1S/C23H27NO5/c1-15-14-19(21(22(25)28-6)29-23(3,4)5)16(2)20(24(26)27)18(15)13-12-17-10-8-7-9-11-17/h7-14,21H,1-6H3. The van der Waals surface area contributed by atoms with Crippen molar-refractivity contribution in [2.24, 2.45) is 0 Å². The second kappa shape index (κ2) is 9.01. The van der Waals surface area contributed by atoms with Crippen LogP contribution in [0.25, 0.3) is 12.2 Å². The molecule has 0 spiro atoms. The van der Waals surface area contributed by atoms with Gasteiger partial charge in [-0.3, -0.25) is 10.1 Å². The van der Waals surface area contributed by atoms with E-state index in [-0.39, 0.29) is 5.69 Å². The molecule has 6 nitrogen and oxygen atoms in total. The van der Waals surface area contributed by atoms with Gasteiger partial charge in [-0.15, -0.1) is 0 Å². The lowest BCUT2D eigenvalue weighted by Gasteiger charge is -2.27. The van der Waals surface area contributed by atoms with Crippen LogP contribution in [0, 0.1) is 24.0 Å². The van der Waals surface area contributed by atoms with Crippen LogP contribution in [0.3, 0.4) is 0 Å². The summed E-state index contributed by atoms with van der Waals surface area (Å²) in [4.78, 5) is 23.9. The van der Waals surface area contributed by atoms with Gasteiger partial charge in [-0.05, 0) is 51.8 Å². The van der Waals surface area contributed by atoms with Crippen molar-refractivity contribution in [2.45, 2.75) is 46.3 Å². The second-order valence-corrected chi connectivity index (χ2v) is 7.80. The van der Waals surface area contributed by atoms with E-state index in [9.17, 15) is 14.9 Å². The minimum atomic E-state index is -1.05. The Morgan fingerprint density at radius 1 is 1.14 bits per heavy atom. The fourth-order valence-corrected chi connectivity index (χ4v) is 3.11. The zero-order valence-electron chi connectivity index (χ0n) is 17.7. The van der Waals surface area contributed by atoms with Crippen molar-refractivity contribution in [3.05, 3.63) is 74.3 Å². The third-order valence-electron chi connectivity index (χ3n) is 4.43. The summed E-state index contributed by atoms with van der Waals surface area (Å²) in [6, 6.07) is 11.3. The number of carbonyl (C=O) groups is 1. The van der Waals surface area contributed by atoms with Crippen LogP contribution in [0.4, 0.5) is 5.69 Å². The molecule has 1 atom stereocenters. The van der Waals surface area contributed by atoms with Crippen LogP contribution < -0.4 is 0 Å². The quantitative estimate of drug-likeness (QED) is 0.282. The van der Waals surface area contributed by atoms with Gasteiger partial charge in [0.15, 0.2) is 6.10 Å². The highest BCUT2D eigenvalue weighted by Gasteiger charge is 2.33. The Morgan fingerprint density at radius 3 is 2.28 bits per heavy atom. The largest absolute Gasteiger partial charge is 0.467 e. The third-order valence-corrected chi connectivity index (χ3v) is 4.43. The lowest BCUT2D eigenvalue weighted by Crippen LogP contribution is -2.29. The molecule has 2 aromatic rings. The number of hydrogen-bond donors (Lipinski definition) is 0. The zero-order valence-corrected chi connectivity index (χ0v) is 17.7. The predicted octanol–water partition coefficient (Wildman–Crippen LogP) is 5.41. The number of ether oxygens (including phenoxy) is 2. The predicted molar refractivity (Wildman–Crippen MR) is 114 cm³/mol. The lowest BCUT2D eigenvalue weighted by molar-refractivity contribution is -0.385. The Hall–Kier alpha value is -2.99. The molecule has 1 unspecified atom stereocenters. The van der Waals surface area contributed by atoms with Crippen molar-refractivity contribution in [3.8, 4) is 0 Å². The van der Waals surface area contributed by atoms with Crippen LogP contribution >= 0.6 is 0 Å². The van der Waals surface area contributed by atoms with Gasteiger partial charge in [-0.25, -0.2) is 4.79 Å². The molecule has 154 valence electrons. The van der Waals surface area contributed by atoms with Gasteiger partial charge in [0.05, 0.1) is 23.2 Å². The Labute approximate surface area is 171 Å². The highest BCUT2D eigenvalue weighted by atomic mass is 16.6. The number of rotatable bonds is 6. The van der Waals surface area contributed by atoms with Crippen molar-refractivity contribution in [3.63, 3.8) is 0 Å². The second-order valence-electron chi connectivity index (χ2n) is 7.80. The van der Waals surface area contributed by atoms with Crippen LogP contribution in [0.1, 0.15) is 54.7 Å². The molecule has 0 N–H and O–H groups in total. The maximum atomic E-state index is 12.4. The molecule has 0 heterocycles. The Morgan fingerprint density at radius 2 is 1.76 bits per heavy atom. The first-order valence-corrected chi connectivity index (χ1v) is 9.32. The van der Waals surface area contributed by atoms with Gasteiger partial charge in [-0.2, -0.15) is 0 Å². The van der Waals surface area contributed by atoms with E-state index in [2.05, 4.69) is 0 Å². The molecule has 0 aromatic heterocycles. The summed E-state index contributed by atoms with van der Waals surface area (Å²) in [5.74, 6) is -0.593. The first kappa shape index (κ1) is 22.3. The molecule has 0 aliphatic carbocycles. The van der Waals surface area contributed by atoms with Gasteiger partial charge < -0.3 is 9.47 Å². The summed E-state index contributed by atoms with van der Waals surface area (Å²) in [7, 11) is 1.27. The Bertz CT molecular complexity index is 927. The summed E-state index contributed by atoms with van der Waals surface area (Å²) in [6.07, 6.45) is 2.51. The molecule has 2 rings (SSSR count). The molecule has 0 radical (unpaired) electrons. The number of nitro groups is 1. The van der Waals surface area contributed by atoms with Crippen LogP contribution in [-0.4, -0.2) is 23.6 Å². The maximum absolute atomic E-state index is 12.4. The smallest absolute Gasteiger partial charge is 0.339 e. The number of nitro benzene ring substituents is 1. The topological polar surface area (TPSA) is 78.7 Å². The van der Waals surface area contributed by atoms with E-state index in [0.29, 0.717) is 22.3 Å². The monoisotopic (exact) mass is 397 g/mol. The summed E-state index contributed by atoms with van der Waals surface area (Å²) in [5, 5.41) is 11.9. The summed E-state index contributed by atoms with van der Waals surface area (Å²) >= 11 is 0. The maximum Gasteiger partial charge on any atom is 0.339 e. The molecule has 0 bridgehead atoms. The van der Waals surface area contributed by atoms with Crippen LogP contribution in [0.5, 0.6) is 0 Å². The van der Waals surface area contributed by atoms with Crippen LogP contribution in [0.15, 0.2) is 36.4 Å². The number of benzene rings is 2. The van der Waals surface area contributed by atoms with Gasteiger partial charge in [0.2, 0.25) is 0 Å². The van der Waals surface area contributed by atoms with Gasteiger partial charge in [0, 0.05) is 11.1 Å². The highest BCUT2D eigenvalue weighted by Crippen LogP contribution is 2.37. The lowest BCUT2D eigenvalue weighted by atomic mass is 9.93. The van der Waals surface area contributed by atoms with E-state index in [4.69, 9.17) is 9.47 Å². The van der Waals surface area contributed by atoms with E-state index >= 15 is 0 Å². The molecule has 0 saturated carbocycles. The number of nitrogens with zero attached hydrogens (tertiary/aromatic N) is 1. The minimum absolute atomic E-state index is 0.0430. The number of aryl methyl sites for hydroxylation is 1. The molecule has 6 heteroatoms. The molecule has 2 aromatic carbocycles. The van der Waals surface area contributed by atoms with Crippen molar-refractivity contribution < 1.29 is 19.2 Å². The Kier molecular flexibility index (Phi) is 6.93. The van der Waals surface area contributed by atoms with E-state index in [1.54, 1.807) is 26.0 Å². The molecule has 29 heavy (non-hydrogen) atoms. The summed E-state index contributed by atoms with van der Waals surface area (Å²) in [5.41, 5.74) is 2.25. The molecule has 0 saturated heterocycles. The first-order chi connectivity index (χ1) is 13.5. The SMILES string of the molecule is COC(=O)C(OC(C)(C)C)c1cc(C)c(C=Cc2ccccc2)c([N+](=O)[O-])c1C. The van der Waals surface area contributed by atoms with Crippen LogP contribution in [0.2, 0.25) is 0 Å². The van der Waals surface area contributed by atoms with Gasteiger partial charge in [0.1, 0.15) is 0 Å². The number of methoxy groups -OCH3 is 1. The first-order valence-electron chi connectivity index (χ1n) is 9.32. The van der Waals surface area contributed by atoms with Crippen LogP contribution in [-0.2, 0) is 14.3 Å². The fraction of sp³-hybridized carbons (Fsp3) is 0.348. The zero-order chi connectivity index (χ0) is 21.8. The summed E-state index contributed by atoms with van der Waals surface area (Å²) < 4.78 is 10.8. The fourth-order valence-electron chi connectivity index (χ4n) is 3.11. The number of hydrogen-bond acceptors (Lipinski definition) is 5. The van der Waals surface area contributed by atoms with Crippen molar-refractivity contribution in [1.82, 2.24) is 0 Å². The molecule has 0 aliphatic heterocycles. The molecular weight excluding hydrogens is 370 g/mol. The molecule has 0 fully saturated rings. The highest BCUT2D eigenvalue weighted by molar-refractivity contribution is 5.81. The van der Waals surface area contributed by atoms with Gasteiger partial charge in [0.25, 0.3) is 5.69 Å². The molecular formula is C23H27NO5. The average molecular weight is 397 g/mol.